The van der Waals surface area contributed by atoms with Crippen molar-refractivity contribution in [1.29, 1.82) is 0 Å². The molecule has 4 heteroatoms. The fourth-order valence-corrected chi connectivity index (χ4v) is 2.26. The first-order valence-corrected chi connectivity index (χ1v) is 6.34. The van der Waals surface area contributed by atoms with Crippen LogP contribution in [0.25, 0.3) is 0 Å². The lowest BCUT2D eigenvalue weighted by atomic mass is 9.98. The van der Waals surface area contributed by atoms with Gasteiger partial charge in [0.1, 0.15) is 6.61 Å². The highest BCUT2D eigenvalue weighted by Crippen LogP contribution is 2.22. The van der Waals surface area contributed by atoms with E-state index in [1.54, 1.807) is 0 Å². The van der Waals surface area contributed by atoms with Crippen LogP contribution in [-0.4, -0.2) is 31.6 Å². The molecule has 0 bridgehead atoms. The average Bonchev–Trinajstić information content (AvgIpc) is 2.87. The molecular weight excluding hydrogens is 230 g/mol. The van der Waals surface area contributed by atoms with Gasteiger partial charge < -0.3 is 14.3 Å². The Balaban J connectivity index is 1.44. The van der Waals surface area contributed by atoms with E-state index < -0.39 is 0 Å². The minimum absolute atomic E-state index is 0.116. The van der Waals surface area contributed by atoms with Crippen LogP contribution in [-0.2, 0) is 20.9 Å². The van der Waals surface area contributed by atoms with Gasteiger partial charge in [-0.25, -0.2) is 0 Å². The summed E-state index contributed by atoms with van der Waals surface area (Å²) in [6, 6.07) is 10.2. The third-order valence-electron chi connectivity index (χ3n) is 3.31. The van der Waals surface area contributed by atoms with Crippen LogP contribution in [0.3, 0.4) is 0 Å². The summed E-state index contributed by atoms with van der Waals surface area (Å²) >= 11 is 0. The van der Waals surface area contributed by atoms with Crippen LogP contribution < -0.4 is 0 Å². The Kier molecular flexibility index (Phi) is 3.57. The Morgan fingerprint density at radius 3 is 3.00 bits per heavy atom. The second-order valence-corrected chi connectivity index (χ2v) is 4.74. The highest BCUT2D eigenvalue weighted by molar-refractivity contribution is 5.88. The van der Waals surface area contributed by atoms with Gasteiger partial charge in [0.15, 0.2) is 0 Å². The summed E-state index contributed by atoms with van der Waals surface area (Å²) in [4.78, 5) is 5.08. The Labute approximate surface area is 107 Å². The summed E-state index contributed by atoms with van der Waals surface area (Å²) in [6.45, 7) is 2.62. The molecule has 0 aromatic heterocycles. The van der Waals surface area contributed by atoms with E-state index in [0.29, 0.717) is 32.3 Å². The molecule has 0 aliphatic carbocycles. The van der Waals surface area contributed by atoms with Crippen LogP contribution >= 0.6 is 0 Å². The van der Waals surface area contributed by atoms with Crippen molar-refractivity contribution in [3.63, 3.8) is 0 Å². The Morgan fingerprint density at radius 1 is 1.22 bits per heavy atom. The van der Waals surface area contributed by atoms with Crippen molar-refractivity contribution in [3.05, 3.63) is 35.9 Å². The van der Waals surface area contributed by atoms with Gasteiger partial charge >= 0.3 is 0 Å². The molecular formula is C14H17NO3. The SMILES string of the molecule is c1ccc(COC[C@H]2CC3=NOCC3CO2)cc1. The van der Waals surface area contributed by atoms with E-state index in [4.69, 9.17) is 14.3 Å². The predicted molar refractivity (Wildman–Crippen MR) is 67.3 cm³/mol. The normalized spacial score (nSPS) is 26.3. The smallest absolute Gasteiger partial charge is 0.127 e. The summed E-state index contributed by atoms with van der Waals surface area (Å²) in [5, 5.41) is 4.06. The van der Waals surface area contributed by atoms with Crippen molar-refractivity contribution in [2.45, 2.75) is 19.1 Å². The minimum atomic E-state index is 0.116. The number of hydrogen-bond donors (Lipinski definition) is 0. The van der Waals surface area contributed by atoms with Crippen LogP contribution in [0, 0.1) is 5.92 Å². The van der Waals surface area contributed by atoms with E-state index in [1.165, 1.54) is 5.56 Å². The van der Waals surface area contributed by atoms with Gasteiger partial charge in [-0.1, -0.05) is 35.5 Å². The Hall–Kier alpha value is -1.39. The van der Waals surface area contributed by atoms with E-state index in [0.717, 1.165) is 12.1 Å². The number of nitrogens with zero attached hydrogens (tertiary/aromatic N) is 1. The molecule has 0 saturated carbocycles. The second kappa shape index (κ2) is 5.50. The molecule has 1 fully saturated rings. The molecule has 0 spiro atoms. The molecule has 1 unspecified atom stereocenters. The zero-order valence-corrected chi connectivity index (χ0v) is 10.2. The van der Waals surface area contributed by atoms with Gasteiger partial charge in [0, 0.05) is 6.42 Å². The molecule has 1 aromatic rings. The third-order valence-corrected chi connectivity index (χ3v) is 3.31. The lowest BCUT2D eigenvalue weighted by Crippen LogP contribution is -2.35. The first-order valence-electron chi connectivity index (χ1n) is 6.34. The van der Waals surface area contributed by atoms with E-state index in [2.05, 4.69) is 17.3 Å². The monoisotopic (exact) mass is 247 g/mol. The molecule has 0 radical (unpaired) electrons. The van der Waals surface area contributed by atoms with Gasteiger partial charge in [-0.3, -0.25) is 0 Å². The van der Waals surface area contributed by atoms with Crippen LogP contribution in [0.1, 0.15) is 12.0 Å². The zero-order valence-electron chi connectivity index (χ0n) is 10.2. The van der Waals surface area contributed by atoms with E-state index in [9.17, 15) is 0 Å². The zero-order chi connectivity index (χ0) is 12.2. The van der Waals surface area contributed by atoms with Crippen molar-refractivity contribution in [2.24, 2.45) is 11.1 Å². The topological polar surface area (TPSA) is 40.0 Å². The lowest BCUT2D eigenvalue weighted by Gasteiger charge is -2.25. The molecule has 18 heavy (non-hydrogen) atoms. The maximum atomic E-state index is 5.74. The average molecular weight is 247 g/mol. The number of hydrogen-bond acceptors (Lipinski definition) is 4. The quantitative estimate of drug-likeness (QED) is 0.817. The summed E-state index contributed by atoms with van der Waals surface area (Å²) in [6.07, 6.45) is 0.949. The van der Waals surface area contributed by atoms with Crippen LogP contribution in [0.2, 0.25) is 0 Å². The number of ether oxygens (including phenoxy) is 2. The number of fused-ring (bicyclic) bond motifs is 1. The summed E-state index contributed by atoms with van der Waals surface area (Å²) in [5.41, 5.74) is 2.32. The Morgan fingerprint density at radius 2 is 2.11 bits per heavy atom. The highest BCUT2D eigenvalue weighted by Gasteiger charge is 2.31. The summed E-state index contributed by atoms with van der Waals surface area (Å²) < 4.78 is 11.4. The number of oxime groups is 1. The fraction of sp³-hybridized carbons (Fsp3) is 0.500. The van der Waals surface area contributed by atoms with E-state index in [-0.39, 0.29) is 6.10 Å². The molecule has 1 aromatic carbocycles. The van der Waals surface area contributed by atoms with Crippen molar-refractivity contribution >= 4 is 5.71 Å². The van der Waals surface area contributed by atoms with Crippen molar-refractivity contribution in [1.82, 2.24) is 0 Å². The van der Waals surface area contributed by atoms with E-state index >= 15 is 0 Å². The molecule has 1 saturated heterocycles. The standard InChI is InChI=1S/C14H17NO3/c1-2-4-11(5-3-1)7-16-10-13-6-14-12(8-17-13)9-18-15-14/h1-5,12-13H,6-10H2/t12?,13-/m1/s1. The molecule has 96 valence electrons. The lowest BCUT2D eigenvalue weighted by molar-refractivity contribution is -0.0368. The number of rotatable bonds is 4. The van der Waals surface area contributed by atoms with Crippen LogP contribution in [0.15, 0.2) is 35.5 Å². The molecule has 2 atom stereocenters. The predicted octanol–water partition coefficient (Wildman–Crippen LogP) is 1.99. The van der Waals surface area contributed by atoms with Gasteiger partial charge in [-0.15, -0.1) is 0 Å². The Bertz CT molecular complexity index is 418. The third kappa shape index (κ3) is 2.71. The van der Waals surface area contributed by atoms with Gasteiger partial charge in [-0.2, -0.15) is 0 Å². The van der Waals surface area contributed by atoms with Gasteiger partial charge in [0.2, 0.25) is 0 Å². The molecule has 2 aliphatic rings. The summed E-state index contributed by atoms with van der Waals surface area (Å²) in [5.74, 6) is 0.371. The molecule has 2 aliphatic heterocycles. The van der Waals surface area contributed by atoms with Crippen molar-refractivity contribution in [2.75, 3.05) is 19.8 Å². The molecule has 0 N–H and O–H groups in total. The maximum Gasteiger partial charge on any atom is 0.127 e. The van der Waals surface area contributed by atoms with Crippen LogP contribution in [0.4, 0.5) is 0 Å². The minimum Gasteiger partial charge on any atom is -0.395 e. The highest BCUT2D eigenvalue weighted by atomic mass is 16.6. The fourth-order valence-electron chi connectivity index (χ4n) is 2.26. The van der Waals surface area contributed by atoms with Gasteiger partial charge in [0.05, 0.1) is 37.6 Å². The van der Waals surface area contributed by atoms with Gasteiger partial charge in [-0.05, 0) is 5.56 Å². The first kappa shape index (κ1) is 11.7. The largest absolute Gasteiger partial charge is 0.395 e. The maximum absolute atomic E-state index is 5.74. The second-order valence-electron chi connectivity index (χ2n) is 4.74. The first-order chi connectivity index (χ1) is 8.92. The molecule has 2 heterocycles. The van der Waals surface area contributed by atoms with Crippen molar-refractivity contribution < 1.29 is 14.3 Å². The molecule has 4 nitrogen and oxygen atoms in total. The van der Waals surface area contributed by atoms with Crippen molar-refractivity contribution in [3.8, 4) is 0 Å². The van der Waals surface area contributed by atoms with Crippen LogP contribution in [0.5, 0.6) is 0 Å². The van der Waals surface area contributed by atoms with Gasteiger partial charge in [0.25, 0.3) is 0 Å². The summed E-state index contributed by atoms with van der Waals surface area (Å²) in [7, 11) is 0. The van der Waals surface area contributed by atoms with E-state index in [1.807, 2.05) is 18.2 Å². The molecule has 0 amide bonds. The number of benzene rings is 1. The molecule has 3 rings (SSSR count).